The monoisotopic (exact) mass is 422 g/mol. The molecule has 0 fully saturated rings. The number of amides is 1. The summed E-state index contributed by atoms with van der Waals surface area (Å²) >= 11 is 0. The number of anilines is 1. The van der Waals surface area contributed by atoms with E-state index in [1.165, 1.54) is 29.0 Å². The highest BCUT2D eigenvalue weighted by Crippen LogP contribution is 2.26. The summed E-state index contributed by atoms with van der Waals surface area (Å²) in [6, 6.07) is -0.830. The molecule has 3 N–H and O–H groups in total. The fraction of sp³-hybridized carbons (Fsp3) is 0.348. The number of rotatable bonds is 8. The van der Waals surface area contributed by atoms with Crippen molar-refractivity contribution >= 4 is 23.2 Å². The Hall–Kier alpha value is -3.55. The van der Waals surface area contributed by atoms with Crippen LogP contribution in [-0.4, -0.2) is 33.6 Å². The molecule has 0 aliphatic heterocycles. The first-order valence-electron chi connectivity index (χ1n) is 10.4. The number of ketones is 2. The van der Waals surface area contributed by atoms with Crippen LogP contribution in [-0.2, 0) is 14.4 Å². The van der Waals surface area contributed by atoms with Crippen molar-refractivity contribution in [1.82, 2.24) is 14.9 Å². The van der Waals surface area contributed by atoms with Crippen LogP contribution >= 0.6 is 0 Å². The molecule has 1 heterocycles. The van der Waals surface area contributed by atoms with E-state index in [4.69, 9.17) is 5.73 Å². The molecule has 2 aliphatic carbocycles. The van der Waals surface area contributed by atoms with Crippen molar-refractivity contribution in [1.29, 1.82) is 0 Å². The number of carbonyl (C=O) groups excluding carboxylic acids is 3. The Morgan fingerprint density at radius 2 is 2.10 bits per heavy atom. The second-order valence-electron chi connectivity index (χ2n) is 7.52. The molecule has 8 heteroatoms. The average molecular weight is 422 g/mol. The zero-order valence-electron chi connectivity index (χ0n) is 17.4. The third kappa shape index (κ3) is 4.96. The quantitative estimate of drug-likeness (QED) is 0.487. The average Bonchev–Trinajstić information content (AvgIpc) is 2.78. The minimum Gasteiger partial charge on any atom is -0.393 e. The fourth-order valence-corrected chi connectivity index (χ4v) is 3.62. The lowest BCUT2D eigenvalue weighted by atomic mass is 9.98. The van der Waals surface area contributed by atoms with Crippen LogP contribution < -0.4 is 16.6 Å². The van der Waals surface area contributed by atoms with Crippen molar-refractivity contribution in [2.24, 2.45) is 0 Å². The van der Waals surface area contributed by atoms with Gasteiger partial charge in [-0.05, 0) is 18.9 Å². The predicted octanol–water partition coefficient (Wildman–Crippen LogP) is 1.91. The van der Waals surface area contributed by atoms with E-state index in [0.717, 1.165) is 6.42 Å². The van der Waals surface area contributed by atoms with Gasteiger partial charge in [-0.1, -0.05) is 56.2 Å². The first kappa shape index (κ1) is 22.1. The SMILES string of the molecule is CCCCC(C(=O)NCC1=CC=CC(=O)C1=O)n1c(C2C=CC=CC2)ncc(N)c1=O. The third-order valence-corrected chi connectivity index (χ3v) is 5.32. The van der Waals surface area contributed by atoms with E-state index in [1.807, 2.05) is 31.2 Å². The van der Waals surface area contributed by atoms with Gasteiger partial charge in [0.1, 0.15) is 17.6 Å². The maximum absolute atomic E-state index is 13.2. The standard InChI is InChI=1S/C23H26N4O4/c1-2-3-11-18(22(30)26-13-16-10-7-12-19(28)20(16)29)27-21(15-8-5-4-6-9-15)25-14-17(24)23(27)31/h4-8,10,12,14-15,18H,2-3,9,11,13,24H2,1H3,(H,26,30). The lowest BCUT2D eigenvalue weighted by Gasteiger charge is -2.25. The maximum Gasteiger partial charge on any atom is 0.277 e. The zero-order valence-corrected chi connectivity index (χ0v) is 17.4. The highest BCUT2D eigenvalue weighted by Gasteiger charge is 2.28. The molecular formula is C23H26N4O4. The summed E-state index contributed by atoms with van der Waals surface area (Å²) in [5, 5.41) is 2.71. The number of allylic oxidation sites excluding steroid dienone is 7. The van der Waals surface area contributed by atoms with Crippen molar-refractivity contribution in [3.8, 4) is 0 Å². The highest BCUT2D eigenvalue weighted by atomic mass is 16.2. The van der Waals surface area contributed by atoms with E-state index >= 15 is 0 Å². The molecular weight excluding hydrogens is 396 g/mol. The predicted molar refractivity (Wildman–Crippen MR) is 117 cm³/mol. The number of Topliss-reactive ketones (excluding diaryl/α,β-unsaturated/α-hetero) is 1. The van der Waals surface area contributed by atoms with Crippen molar-refractivity contribution < 1.29 is 14.4 Å². The van der Waals surface area contributed by atoms with Crippen LogP contribution in [0.25, 0.3) is 0 Å². The van der Waals surface area contributed by atoms with E-state index < -0.39 is 29.1 Å². The van der Waals surface area contributed by atoms with Gasteiger partial charge in [-0.15, -0.1) is 0 Å². The first-order valence-corrected chi connectivity index (χ1v) is 10.4. The van der Waals surface area contributed by atoms with Gasteiger partial charge in [0.25, 0.3) is 5.56 Å². The Morgan fingerprint density at radius 1 is 1.29 bits per heavy atom. The molecule has 1 aromatic rings. The number of nitrogens with one attached hydrogen (secondary N) is 1. The molecule has 2 atom stereocenters. The summed E-state index contributed by atoms with van der Waals surface area (Å²) in [7, 11) is 0. The van der Waals surface area contributed by atoms with Crippen molar-refractivity contribution in [3.05, 3.63) is 70.5 Å². The minimum absolute atomic E-state index is 0.0331. The van der Waals surface area contributed by atoms with Crippen molar-refractivity contribution in [3.63, 3.8) is 0 Å². The van der Waals surface area contributed by atoms with Crippen LogP contribution in [0.4, 0.5) is 5.69 Å². The summed E-state index contributed by atoms with van der Waals surface area (Å²) in [5.41, 5.74) is 5.56. The number of nitrogens with zero attached hydrogens (tertiary/aromatic N) is 2. The van der Waals surface area contributed by atoms with Crippen LogP contribution in [0.2, 0.25) is 0 Å². The van der Waals surface area contributed by atoms with Gasteiger partial charge < -0.3 is 11.1 Å². The molecule has 1 aromatic heterocycles. The molecule has 8 nitrogen and oxygen atoms in total. The lowest BCUT2D eigenvalue weighted by molar-refractivity contribution is -0.131. The molecule has 31 heavy (non-hydrogen) atoms. The molecule has 0 radical (unpaired) electrons. The Kier molecular flexibility index (Phi) is 7.12. The molecule has 0 saturated carbocycles. The van der Waals surface area contributed by atoms with Gasteiger partial charge in [0.2, 0.25) is 17.5 Å². The molecule has 0 bridgehead atoms. The number of unbranched alkanes of at least 4 members (excludes halogenated alkanes) is 1. The first-order chi connectivity index (χ1) is 14.9. The zero-order chi connectivity index (χ0) is 22.4. The largest absolute Gasteiger partial charge is 0.393 e. The molecule has 162 valence electrons. The summed E-state index contributed by atoms with van der Waals surface area (Å²) in [6.45, 7) is 1.90. The smallest absolute Gasteiger partial charge is 0.277 e. The van der Waals surface area contributed by atoms with Crippen LogP contribution in [0.15, 0.2) is 59.1 Å². The van der Waals surface area contributed by atoms with E-state index in [0.29, 0.717) is 25.1 Å². The number of nitrogens with two attached hydrogens (primary N) is 1. The van der Waals surface area contributed by atoms with Crippen molar-refractivity contribution in [2.45, 2.75) is 44.6 Å². The molecule has 2 aliphatic rings. The second kappa shape index (κ2) is 9.97. The normalized spacial score (nSPS) is 18.7. The molecule has 0 aromatic carbocycles. The number of carbonyl (C=O) groups is 3. The highest BCUT2D eigenvalue weighted by molar-refractivity contribution is 6.48. The lowest BCUT2D eigenvalue weighted by Crippen LogP contribution is -2.41. The van der Waals surface area contributed by atoms with Crippen LogP contribution in [0.5, 0.6) is 0 Å². The maximum atomic E-state index is 13.2. The second-order valence-corrected chi connectivity index (χ2v) is 7.52. The Labute approximate surface area is 180 Å². The Morgan fingerprint density at radius 3 is 2.81 bits per heavy atom. The van der Waals surface area contributed by atoms with Gasteiger partial charge in [0.05, 0.1) is 6.20 Å². The van der Waals surface area contributed by atoms with Crippen molar-refractivity contribution in [2.75, 3.05) is 12.3 Å². The van der Waals surface area contributed by atoms with E-state index in [2.05, 4.69) is 10.3 Å². The third-order valence-electron chi connectivity index (χ3n) is 5.32. The summed E-state index contributed by atoms with van der Waals surface area (Å²) in [4.78, 5) is 54.1. The summed E-state index contributed by atoms with van der Waals surface area (Å²) in [5.74, 6) is -1.36. The molecule has 3 rings (SSSR count). The van der Waals surface area contributed by atoms with Crippen LogP contribution in [0.3, 0.4) is 0 Å². The van der Waals surface area contributed by atoms with Gasteiger partial charge in [0.15, 0.2) is 0 Å². The van der Waals surface area contributed by atoms with Gasteiger partial charge >= 0.3 is 0 Å². The molecule has 2 unspecified atom stereocenters. The van der Waals surface area contributed by atoms with Crippen LogP contribution in [0.1, 0.15) is 50.4 Å². The van der Waals surface area contributed by atoms with Gasteiger partial charge in [0, 0.05) is 18.0 Å². The minimum atomic E-state index is -0.830. The van der Waals surface area contributed by atoms with Gasteiger partial charge in [-0.25, -0.2) is 4.98 Å². The Balaban J connectivity index is 1.92. The van der Waals surface area contributed by atoms with Gasteiger partial charge in [-0.2, -0.15) is 0 Å². The number of hydrogen-bond donors (Lipinski definition) is 2. The molecule has 0 spiro atoms. The molecule has 0 saturated heterocycles. The van der Waals surface area contributed by atoms with E-state index in [1.54, 1.807) is 0 Å². The summed E-state index contributed by atoms with van der Waals surface area (Å²) in [6.07, 6.45) is 15.8. The van der Waals surface area contributed by atoms with E-state index in [9.17, 15) is 19.2 Å². The summed E-state index contributed by atoms with van der Waals surface area (Å²) < 4.78 is 1.39. The number of hydrogen-bond acceptors (Lipinski definition) is 6. The van der Waals surface area contributed by atoms with Crippen LogP contribution in [0, 0.1) is 0 Å². The van der Waals surface area contributed by atoms with Gasteiger partial charge in [-0.3, -0.25) is 23.7 Å². The molecule has 1 amide bonds. The fourth-order valence-electron chi connectivity index (χ4n) is 3.62. The topological polar surface area (TPSA) is 124 Å². The number of aromatic nitrogens is 2. The van der Waals surface area contributed by atoms with E-state index in [-0.39, 0.29) is 23.7 Å². The number of nitrogen functional groups attached to an aromatic ring is 1. The Bertz CT molecular complexity index is 1060.